The van der Waals surface area contributed by atoms with Crippen LogP contribution in [-0.2, 0) is 4.79 Å². The average Bonchev–Trinajstić information content (AvgIpc) is 2.38. The summed E-state index contributed by atoms with van der Waals surface area (Å²) in [5.74, 6) is -0.265. The molecule has 0 saturated heterocycles. The van der Waals surface area contributed by atoms with Crippen LogP contribution < -0.4 is 0 Å². The van der Waals surface area contributed by atoms with E-state index in [0.717, 1.165) is 6.42 Å². The summed E-state index contributed by atoms with van der Waals surface area (Å²) in [5, 5.41) is 9.30. The van der Waals surface area contributed by atoms with Crippen molar-refractivity contribution in [1.82, 2.24) is 0 Å². The smallest absolute Gasteiger partial charge is 0.307 e. The van der Waals surface area contributed by atoms with E-state index < -0.39 is 5.97 Å². The highest BCUT2D eigenvalue weighted by atomic mass is 16.4. The van der Waals surface area contributed by atoms with Crippen LogP contribution in [0.4, 0.5) is 0 Å². The minimum Gasteiger partial charge on any atom is -0.481 e. The second kappa shape index (κ2) is 8.01. The Morgan fingerprint density at radius 1 is 1.32 bits per heavy atom. The maximum Gasteiger partial charge on any atom is 0.307 e. The van der Waals surface area contributed by atoms with E-state index in [0.29, 0.717) is 5.92 Å². The molecule has 1 aliphatic carbocycles. The molecule has 4 unspecified atom stereocenters. The Bertz CT molecular complexity index is 375. The molecule has 0 bridgehead atoms. The summed E-state index contributed by atoms with van der Waals surface area (Å²) >= 11 is 0. The van der Waals surface area contributed by atoms with E-state index in [1.165, 1.54) is 19.3 Å². The van der Waals surface area contributed by atoms with Crippen LogP contribution in [0.5, 0.6) is 0 Å². The highest BCUT2D eigenvalue weighted by molar-refractivity contribution is 5.73. The normalized spacial score (nSPS) is 29.6. The highest BCUT2D eigenvalue weighted by Gasteiger charge is 2.49. The van der Waals surface area contributed by atoms with Crippen molar-refractivity contribution >= 4 is 5.97 Å². The molecule has 0 amide bonds. The molecular formula is C17H26O2. The van der Waals surface area contributed by atoms with Gasteiger partial charge in [0.05, 0.1) is 5.92 Å². The predicted molar refractivity (Wildman–Crippen MR) is 78.9 cm³/mol. The molecule has 0 aromatic rings. The van der Waals surface area contributed by atoms with Gasteiger partial charge in [0.25, 0.3) is 0 Å². The Kier molecular flexibility index (Phi) is 6.66. The third-order valence-corrected chi connectivity index (χ3v) is 4.10. The maximum absolute atomic E-state index is 11.3. The van der Waals surface area contributed by atoms with E-state index in [4.69, 9.17) is 0 Å². The number of hydrogen-bond donors (Lipinski definition) is 1. The summed E-state index contributed by atoms with van der Waals surface area (Å²) in [5.41, 5.74) is 3.19. The summed E-state index contributed by atoms with van der Waals surface area (Å²) in [6.07, 6.45) is 12.7. The summed E-state index contributed by atoms with van der Waals surface area (Å²) in [6, 6.07) is 0. The molecule has 1 aliphatic rings. The number of carboxylic acid groups (broad SMARTS) is 1. The monoisotopic (exact) mass is 262 g/mol. The Labute approximate surface area is 116 Å². The summed E-state index contributed by atoms with van der Waals surface area (Å²) < 4.78 is 0. The van der Waals surface area contributed by atoms with Crippen LogP contribution >= 0.6 is 0 Å². The van der Waals surface area contributed by atoms with Crippen molar-refractivity contribution in [2.24, 2.45) is 23.7 Å². The molecule has 0 aromatic heterocycles. The zero-order valence-electron chi connectivity index (χ0n) is 12.3. The number of hydrogen-bond acceptors (Lipinski definition) is 1. The molecule has 0 radical (unpaired) electrons. The lowest BCUT2D eigenvalue weighted by Gasteiger charge is -2.45. The number of carbonyl (C=O) groups is 1. The summed E-state index contributed by atoms with van der Waals surface area (Å²) in [6.45, 7) is 6.26. The van der Waals surface area contributed by atoms with E-state index in [2.05, 4.69) is 19.6 Å². The van der Waals surface area contributed by atoms with Gasteiger partial charge in [-0.3, -0.25) is 4.79 Å². The van der Waals surface area contributed by atoms with Crippen LogP contribution in [-0.4, -0.2) is 11.1 Å². The molecule has 0 aromatic carbocycles. The van der Waals surface area contributed by atoms with E-state index in [1.807, 2.05) is 31.2 Å². The van der Waals surface area contributed by atoms with Crippen LogP contribution in [0.25, 0.3) is 0 Å². The van der Waals surface area contributed by atoms with Crippen molar-refractivity contribution in [2.75, 3.05) is 0 Å². The van der Waals surface area contributed by atoms with Crippen molar-refractivity contribution in [1.29, 1.82) is 0 Å². The molecule has 19 heavy (non-hydrogen) atoms. The van der Waals surface area contributed by atoms with Crippen LogP contribution in [0.2, 0.25) is 0 Å². The van der Waals surface area contributed by atoms with Gasteiger partial charge in [-0.15, -0.1) is 5.73 Å². The van der Waals surface area contributed by atoms with E-state index in [1.54, 1.807) is 0 Å². The molecule has 2 heteroatoms. The van der Waals surface area contributed by atoms with Gasteiger partial charge in [0.2, 0.25) is 0 Å². The second-order valence-electron chi connectivity index (χ2n) is 5.44. The lowest BCUT2D eigenvalue weighted by Crippen LogP contribution is -2.47. The largest absolute Gasteiger partial charge is 0.481 e. The molecule has 4 atom stereocenters. The zero-order valence-corrected chi connectivity index (χ0v) is 12.3. The van der Waals surface area contributed by atoms with Gasteiger partial charge in [-0.25, -0.2) is 0 Å². The molecule has 0 heterocycles. The minimum absolute atomic E-state index is 0.126. The fourth-order valence-corrected chi connectivity index (χ4v) is 2.88. The van der Waals surface area contributed by atoms with Crippen molar-refractivity contribution < 1.29 is 9.90 Å². The lowest BCUT2D eigenvalue weighted by molar-refractivity contribution is -0.152. The summed E-state index contributed by atoms with van der Waals surface area (Å²) in [4.78, 5) is 11.3. The topological polar surface area (TPSA) is 37.3 Å². The first-order valence-electron chi connectivity index (χ1n) is 7.40. The Hall–Kier alpha value is -1.27. The molecule has 1 fully saturated rings. The fourth-order valence-electron chi connectivity index (χ4n) is 2.88. The third kappa shape index (κ3) is 4.11. The van der Waals surface area contributed by atoms with Crippen molar-refractivity contribution in [3.63, 3.8) is 0 Å². The minimum atomic E-state index is -0.685. The Balaban J connectivity index is 2.57. The van der Waals surface area contributed by atoms with E-state index in [9.17, 15) is 9.90 Å². The molecule has 0 spiro atoms. The van der Waals surface area contributed by atoms with Gasteiger partial charge in [0, 0.05) is 5.92 Å². The zero-order chi connectivity index (χ0) is 14.3. The Morgan fingerprint density at radius 3 is 2.63 bits per heavy atom. The van der Waals surface area contributed by atoms with Gasteiger partial charge in [0.15, 0.2) is 0 Å². The molecule has 2 nitrogen and oxygen atoms in total. The van der Waals surface area contributed by atoms with Crippen LogP contribution in [0.3, 0.4) is 0 Å². The first-order valence-corrected chi connectivity index (χ1v) is 7.40. The number of allylic oxidation sites excluding steroid dienone is 3. The first kappa shape index (κ1) is 15.8. The van der Waals surface area contributed by atoms with Gasteiger partial charge in [-0.05, 0) is 43.8 Å². The molecule has 1 saturated carbocycles. The molecule has 106 valence electrons. The molecule has 0 aliphatic heterocycles. The van der Waals surface area contributed by atoms with Gasteiger partial charge in [0.1, 0.15) is 0 Å². The maximum atomic E-state index is 11.3. The van der Waals surface area contributed by atoms with Crippen LogP contribution in [0, 0.1) is 23.7 Å². The average molecular weight is 262 g/mol. The highest BCUT2D eigenvalue weighted by Crippen LogP contribution is 2.47. The van der Waals surface area contributed by atoms with Crippen molar-refractivity contribution in [3.05, 3.63) is 30.0 Å². The van der Waals surface area contributed by atoms with Gasteiger partial charge < -0.3 is 5.11 Å². The first-order chi connectivity index (χ1) is 9.13. The van der Waals surface area contributed by atoms with Gasteiger partial charge in [-0.2, -0.15) is 0 Å². The lowest BCUT2D eigenvalue weighted by atomic mass is 9.57. The Morgan fingerprint density at radius 2 is 2.05 bits per heavy atom. The fraction of sp³-hybridized carbons (Fsp3) is 0.647. The van der Waals surface area contributed by atoms with E-state index in [-0.39, 0.29) is 17.8 Å². The third-order valence-electron chi connectivity index (χ3n) is 4.10. The van der Waals surface area contributed by atoms with Gasteiger partial charge in [-0.1, -0.05) is 38.8 Å². The molecule has 1 N–H and O–H groups in total. The van der Waals surface area contributed by atoms with Crippen LogP contribution in [0.15, 0.2) is 30.0 Å². The predicted octanol–water partition coefficient (Wildman–Crippen LogP) is 4.44. The number of carboxylic acids is 1. The molecular weight excluding hydrogens is 236 g/mol. The van der Waals surface area contributed by atoms with Crippen LogP contribution in [0.1, 0.15) is 46.5 Å². The SMILES string of the molecule is C/C=C\C1C(C)C(C=C=CCCCCC)C1C(=O)O. The number of rotatable bonds is 7. The quantitative estimate of drug-likeness (QED) is 0.418. The standard InChI is InChI=1S/C17H26O2/c1-4-6-7-8-9-10-12-15-13(3)14(11-5-2)16(15)17(18)19/h5,9,11-16H,4,6-8H2,1-3H3,(H,18,19)/b11-5-. The van der Waals surface area contributed by atoms with Crippen molar-refractivity contribution in [2.45, 2.75) is 46.5 Å². The second-order valence-corrected chi connectivity index (χ2v) is 5.44. The molecule has 1 rings (SSSR count). The van der Waals surface area contributed by atoms with Gasteiger partial charge >= 0.3 is 5.97 Å². The number of unbranched alkanes of at least 4 members (excludes halogenated alkanes) is 3. The van der Waals surface area contributed by atoms with E-state index >= 15 is 0 Å². The van der Waals surface area contributed by atoms with Crippen molar-refractivity contribution in [3.8, 4) is 0 Å². The number of aliphatic carboxylic acids is 1. The summed E-state index contributed by atoms with van der Waals surface area (Å²) in [7, 11) is 0.